The van der Waals surface area contributed by atoms with Crippen molar-refractivity contribution < 1.29 is 23.9 Å². The molecule has 28 heavy (non-hydrogen) atoms. The summed E-state index contributed by atoms with van der Waals surface area (Å²) in [5.41, 5.74) is 7.05. The number of hydrogen-bond donors (Lipinski definition) is 1. The van der Waals surface area contributed by atoms with Crippen LogP contribution in [0.4, 0.5) is 0 Å². The van der Waals surface area contributed by atoms with Crippen molar-refractivity contribution in [2.24, 2.45) is 5.73 Å². The summed E-state index contributed by atoms with van der Waals surface area (Å²) >= 11 is 7.20. The third-order valence-electron chi connectivity index (χ3n) is 4.49. The van der Waals surface area contributed by atoms with Crippen LogP contribution >= 0.6 is 23.4 Å². The summed E-state index contributed by atoms with van der Waals surface area (Å²) in [6.45, 7) is 3.54. The van der Waals surface area contributed by atoms with Gasteiger partial charge in [0, 0.05) is 5.02 Å². The van der Waals surface area contributed by atoms with E-state index in [1.165, 1.54) is 23.8 Å². The minimum Gasteiger partial charge on any atom is -0.466 e. The molecule has 3 rings (SSSR count). The number of methoxy groups -OCH3 is 1. The number of carbonyl (C=O) groups excluding carboxylic acids is 3. The zero-order chi connectivity index (χ0) is 20.6. The topological polar surface area (TPSA) is 98.9 Å². The average Bonchev–Trinajstić information content (AvgIpc) is 2.96. The Morgan fingerprint density at radius 1 is 1.21 bits per heavy atom. The molecule has 7 nitrogen and oxygen atoms in total. The smallest absolute Gasteiger partial charge is 0.338 e. The highest BCUT2D eigenvalue weighted by Gasteiger charge is 2.48. The molecule has 1 aromatic rings. The maximum atomic E-state index is 12.9. The van der Waals surface area contributed by atoms with Crippen LogP contribution in [0.5, 0.6) is 0 Å². The van der Waals surface area contributed by atoms with Crippen LogP contribution < -0.4 is 5.73 Å². The second-order valence-corrected chi connectivity index (χ2v) is 7.91. The van der Waals surface area contributed by atoms with Crippen LogP contribution in [0.3, 0.4) is 0 Å². The summed E-state index contributed by atoms with van der Waals surface area (Å²) in [6, 6.07) is 6.70. The number of ether oxygens (including phenoxy) is 2. The van der Waals surface area contributed by atoms with Crippen molar-refractivity contribution in [3.63, 3.8) is 0 Å². The van der Waals surface area contributed by atoms with Crippen molar-refractivity contribution in [1.29, 1.82) is 0 Å². The number of halogens is 1. The maximum Gasteiger partial charge on any atom is 0.338 e. The van der Waals surface area contributed by atoms with Crippen LogP contribution in [-0.4, -0.2) is 41.7 Å². The molecule has 0 radical (unpaired) electrons. The van der Waals surface area contributed by atoms with E-state index >= 15 is 0 Å². The van der Waals surface area contributed by atoms with Gasteiger partial charge in [-0.15, -0.1) is 0 Å². The number of nitrogens with two attached hydrogens (primary N) is 1. The molecule has 2 aliphatic heterocycles. The first-order valence-corrected chi connectivity index (χ1v) is 9.82. The highest BCUT2D eigenvalue weighted by Crippen LogP contribution is 2.49. The van der Waals surface area contributed by atoms with Gasteiger partial charge in [-0.25, -0.2) is 9.59 Å². The van der Waals surface area contributed by atoms with Crippen LogP contribution in [0.2, 0.25) is 5.02 Å². The summed E-state index contributed by atoms with van der Waals surface area (Å²) in [4.78, 5) is 39.4. The Bertz CT molecular complexity index is 909. The van der Waals surface area contributed by atoms with E-state index in [0.29, 0.717) is 15.6 Å². The lowest BCUT2D eigenvalue weighted by Gasteiger charge is -2.33. The summed E-state index contributed by atoms with van der Waals surface area (Å²) in [7, 11) is 1.22. The zero-order valence-electron chi connectivity index (χ0n) is 15.5. The molecule has 9 heteroatoms. The number of thioether (sulfide) groups is 1. The average molecular weight is 423 g/mol. The van der Waals surface area contributed by atoms with E-state index in [9.17, 15) is 14.4 Å². The molecule has 0 saturated carbocycles. The van der Waals surface area contributed by atoms with Crippen LogP contribution in [0.25, 0.3) is 0 Å². The predicted octanol–water partition coefficient (Wildman–Crippen LogP) is 2.52. The number of amides is 1. The Labute approximate surface area is 171 Å². The normalized spacial score (nSPS) is 21.7. The van der Waals surface area contributed by atoms with E-state index in [-0.39, 0.29) is 29.5 Å². The number of nitrogens with zero attached hydrogens (tertiary/aromatic N) is 1. The number of esters is 2. The highest BCUT2D eigenvalue weighted by atomic mass is 35.5. The minimum absolute atomic E-state index is 0.0136. The summed E-state index contributed by atoms with van der Waals surface area (Å²) in [6.07, 6.45) is 0. The fourth-order valence-corrected chi connectivity index (χ4v) is 4.52. The van der Waals surface area contributed by atoms with E-state index in [2.05, 4.69) is 0 Å². The Morgan fingerprint density at radius 2 is 1.86 bits per heavy atom. The van der Waals surface area contributed by atoms with Crippen LogP contribution in [0.1, 0.15) is 25.3 Å². The molecule has 2 heterocycles. The number of rotatable bonds is 4. The second-order valence-electron chi connectivity index (χ2n) is 6.15. The monoisotopic (exact) mass is 422 g/mol. The first-order chi connectivity index (χ1) is 13.3. The summed E-state index contributed by atoms with van der Waals surface area (Å²) < 4.78 is 10.2. The largest absolute Gasteiger partial charge is 0.466 e. The van der Waals surface area contributed by atoms with E-state index in [1.807, 2.05) is 0 Å². The Balaban J connectivity index is 2.30. The van der Waals surface area contributed by atoms with Gasteiger partial charge >= 0.3 is 11.9 Å². The number of fused-ring (bicyclic) bond motifs is 1. The number of benzene rings is 1. The molecule has 0 bridgehead atoms. The lowest BCUT2D eigenvalue weighted by molar-refractivity contribution is -0.139. The van der Waals surface area contributed by atoms with Crippen molar-refractivity contribution >= 4 is 41.2 Å². The molecule has 2 atom stereocenters. The molecular weight excluding hydrogens is 404 g/mol. The molecule has 0 aromatic heterocycles. The van der Waals surface area contributed by atoms with Gasteiger partial charge in [-0.05, 0) is 31.5 Å². The number of carbonyl (C=O) groups is 3. The van der Waals surface area contributed by atoms with Crippen molar-refractivity contribution in [1.82, 2.24) is 4.90 Å². The van der Waals surface area contributed by atoms with Crippen molar-refractivity contribution in [3.8, 4) is 0 Å². The first-order valence-electron chi connectivity index (χ1n) is 8.57. The van der Waals surface area contributed by atoms with Gasteiger partial charge in [0.2, 0.25) is 5.91 Å². The standard InChI is InChI=1S/C19H19ClN2O5S/c1-4-27-19(25)14-12(10-5-7-11(20)8-6-10)13(18(24)26-3)15(21)22-16(23)9(2)28-17(14)22/h5-9,12H,4,21H2,1-3H3. The summed E-state index contributed by atoms with van der Waals surface area (Å²) in [5, 5.41) is 0.420. The zero-order valence-corrected chi connectivity index (χ0v) is 17.1. The van der Waals surface area contributed by atoms with Crippen LogP contribution in [0, 0.1) is 0 Å². The molecule has 1 aromatic carbocycles. The molecule has 1 fully saturated rings. The molecule has 0 spiro atoms. The van der Waals surface area contributed by atoms with Crippen molar-refractivity contribution in [2.45, 2.75) is 25.0 Å². The van der Waals surface area contributed by atoms with Gasteiger partial charge in [0.05, 0.1) is 41.1 Å². The van der Waals surface area contributed by atoms with Gasteiger partial charge in [-0.1, -0.05) is 35.5 Å². The maximum absolute atomic E-state index is 12.9. The van der Waals surface area contributed by atoms with E-state index in [4.69, 9.17) is 26.8 Å². The first kappa shape index (κ1) is 20.3. The molecule has 148 valence electrons. The van der Waals surface area contributed by atoms with Gasteiger partial charge < -0.3 is 15.2 Å². The fourth-order valence-electron chi connectivity index (χ4n) is 3.24. The lowest BCUT2D eigenvalue weighted by Crippen LogP contribution is -2.40. The lowest BCUT2D eigenvalue weighted by atomic mass is 9.82. The fraction of sp³-hybridized carbons (Fsp3) is 0.316. The molecule has 2 N–H and O–H groups in total. The van der Waals surface area contributed by atoms with Gasteiger partial charge in [-0.2, -0.15) is 0 Å². The molecule has 1 amide bonds. The van der Waals surface area contributed by atoms with Gasteiger partial charge in [0.25, 0.3) is 0 Å². The quantitative estimate of drug-likeness (QED) is 0.744. The number of hydrogen-bond acceptors (Lipinski definition) is 7. The Kier molecular flexibility index (Phi) is 5.71. The Morgan fingerprint density at radius 3 is 2.43 bits per heavy atom. The predicted molar refractivity (Wildman–Crippen MR) is 105 cm³/mol. The minimum atomic E-state index is -0.847. The molecule has 1 saturated heterocycles. The van der Waals surface area contributed by atoms with E-state index < -0.39 is 23.1 Å². The van der Waals surface area contributed by atoms with E-state index in [1.54, 1.807) is 38.1 Å². The van der Waals surface area contributed by atoms with Crippen molar-refractivity contribution in [3.05, 3.63) is 56.8 Å². The van der Waals surface area contributed by atoms with E-state index in [0.717, 1.165) is 0 Å². The molecular formula is C19H19ClN2O5S. The van der Waals surface area contributed by atoms with Gasteiger partial charge in [0.1, 0.15) is 5.82 Å². The third kappa shape index (κ3) is 3.27. The molecule has 0 aliphatic carbocycles. The van der Waals surface area contributed by atoms with Crippen LogP contribution in [0.15, 0.2) is 46.3 Å². The molecule has 2 aliphatic rings. The van der Waals surface area contributed by atoms with Gasteiger partial charge in [0.15, 0.2) is 0 Å². The Hall–Kier alpha value is -2.45. The van der Waals surface area contributed by atoms with Crippen LogP contribution in [-0.2, 0) is 23.9 Å². The third-order valence-corrected chi connectivity index (χ3v) is 5.92. The molecule has 2 unspecified atom stereocenters. The summed E-state index contributed by atoms with van der Waals surface area (Å²) in [5.74, 6) is -2.55. The SMILES string of the molecule is CCOC(=O)C1=C2SC(C)C(=O)N2C(N)=C(C(=O)OC)C1c1ccc(Cl)cc1. The van der Waals surface area contributed by atoms with Crippen molar-refractivity contribution in [2.75, 3.05) is 13.7 Å². The highest BCUT2D eigenvalue weighted by molar-refractivity contribution is 8.04. The van der Waals surface area contributed by atoms with Gasteiger partial charge in [-0.3, -0.25) is 9.69 Å². The second kappa shape index (κ2) is 7.89.